The summed E-state index contributed by atoms with van der Waals surface area (Å²) in [5.74, 6) is 1.12. The highest BCUT2D eigenvalue weighted by Gasteiger charge is 2.52. The van der Waals surface area contributed by atoms with Gasteiger partial charge in [0.15, 0.2) is 0 Å². The van der Waals surface area contributed by atoms with Crippen LogP contribution in [0.2, 0.25) is 0 Å². The molecule has 2 fully saturated rings. The van der Waals surface area contributed by atoms with Crippen molar-refractivity contribution in [2.24, 2.45) is 5.92 Å². The summed E-state index contributed by atoms with van der Waals surface area (Å²) >= 11 is 0. The molecule has 1 aromatic rings. The fourth-order valence-corrected chi connectivity index (χ4v) is 5.13. The molecule has 2 aliphatic rings. The highest BCUT2D eigenvalue weighted by atomic mass is 32.2. The minimum Gasteiger partial charge on any atom is -0.472 e. The lowest BCUT2D eigenvalue weighted by Crippen LogP contribution is -2.41. The summed E-state index contributed by atoms with van der Waals surface area (Å²) in [5, 5.41) is 0. The van der Waals surface area contributed by atoms with E-state index in [-0.39, 0.29) is 17.9 Å². The average molecular weight is 296 g/mol. The lowest BCUT2D eigenvalue weighted by atomic mass is 10.1. The first-order chi connectivity index (χ1) is 9.62. The number of hydrogen-bond donors (Lipinski definition) is 0. The van der Waals surface area contributed by atoms with Crippen LogP contribution in [0.1, 0.15) is 26.2 Å². The second-order valence-electron chi connectivity index (χ2n) is 5.54. The third kappa shape index (κ3) is 2.42. The quantitative estimate of drug-likeness (QED) is 0.829. The van der Waals surface area contributed by atoms with E-state index in [1.807, 2.05) is 25.1 Å². The zero-order chi connectivity index (χ0) is 14.2. The smallest absolute Gasteiger partial charge is 0.214 e. The second kappa shape index (κ2) is 5.33. The third-order valence-corrected chi connectivity index (χ3v) is 6.23. The van der Waals surface area contributed by atoms with Crippen LogP contribution in [0.15, 0.2) is 24.4 Å². The highest BCUT2D eigenvalue weighted by molar-refractivity contribution is 7.89. The fraction of sp³-hybridized carbons (Fsp3) is 0.643. The molecule has 1 saturated carbocycles. The van der Waals surface area contributed by atoms with Gasteiger partial charge in [0.1, 0.15) is 6.10 Å². The highest BCUT2D eigenvalue weighted by Crippen LogP contribution is 2.41. The molecule has 2 heterocycles. The van der Waals surface area contributed by atoms with Crippen molar-refractivity contribution in [2.75, 3.05) is 12.3 Å². The van der Waals surface area contributed by atoms with E-state index in [0.717, 1.165) is 12.8 Å². The van der Waals surface area contributed by atoms with Crippen molar-refractivity contribution in [3.05, 3.63) is 24.4 Å². The monoisotopic (exact) mass is 296 g/mol. The van der Waals surface area contributed by atoms with E-state index in [1.165, 1.54) is 0 Å². The van der Waals surface area contributed by atoms with Crippen LogP contribution in [0.3, 0.4) is 0 Å². The van der Waals surface area contributed by atoms with Gasteiger partial charge in [0.2, 0.25) is 15.9 Å². The summed E-state index contributed by atoms with van der Waals surface area (Å²) in [5.41, 5.74) is 0. The van der Waals surface area contributed by atoms with Crippen LogP contribution >= 0.6 is 0 Å². The molecule has 0 spiro atoms. The first-order valence-electron chi connectivity index (χ1n) is 7.19. The van der Waals surface area contributed by atoms with Gasteiger partial charge in [-0.25, -0.2) is 13.4 Å². The Morgan fingerprint density at radius 3 is 2.95 bits per heavy atom. The average Bonchev–Trinajstić information content (AvgIpc) is 2.97. The van der Waals surface area contributed by atoms with E-state index in [0.29, 0.717) is 24.8 Å². The molecule has 6 heteroatoms. The summed E-state index contributed by atoms with van der Waals surface area (Å²) in [7, 11) is -3.13. The van der Waals surface area contributed by atoms with Crippen LogP contribution in [-0.2, 0) is 10.0 Å². The molecule has 1 aliphatic heterocycles. The Labute approximate surface area is 120 Å². The lowest BCUT2D eigenvalue weighted by Gasteiger charge is -2.26. The largest absolute Gasteiger partial charge is 0.472 e. The Morgan fingerprint density at radius 1 is 1.40 bits per heavy atom. The topological polar surface area (TPSA) is 59.5 Å². The van der Waals surface area contributed by atoms with Gasteiger partial charge in [-0.3, -0.25) is 0 Å². The Balaban J connectivity index is 1.76. The predicted molar refractivity (Wildman–Crippen MR) is 75.9 cm³/mol. The van der Waals surface area contributed by atoms with Gasteiger partial charge in [-0.2, -0.15) is 4.31 Å². The van der Waals surface area contributed by atoms with Crippen LogP contribution in [0.5, 0.6) is 5.88 Å². The molecule has 2 bridgehead atoms. The molecule has 1 aliphatic carbocycles. The Kier molecular flexibility index (Phi) is 3.69. The molecular weight excluding hydrogens is 276 g/mol. The molecule has 1 saturated heterocycles. The maximum atomic E-state index is 12.3. The molecule has 3 atom stereocenters. The summed E-state index contributed by atoms with van der Waals surface area (Å²) in [4.78, 5) is 4.17. The van der Waals surface area contributed by atoms with Crippen molar-refractivity contribution in [1.82, 2.24) is 9.29 Å². The van der Waals surface area contributed by atoms with Crippen molar-refractivity contribution in [3.63, 3.8) is 0 Å². The van der Waals surface area contributed by atoms with E-state index in [4.69, 9.17) is 4.74 Å². The van der Waals surface area contributed by atoms with E-state index in [2.05, 4.69) is 4.98 Å². The minimum atomic E-state index is -3.13. The molecule has 0 amide bonds. The van der Waals surface area contributed by atoms with Crippen molar-refractivity contribution in [1.29, 1.82) is 0 Å². The van der Waals surface area contributed by atoms with Crippen LogP contribution in [-0.4, -0.2) is 42.2 Å². The van der Waals surface area contributed by atoms with Gasteiger partial charge in [-0.15, -0.1) is 0 Å². The number of ether oxygens (including phenoxy) is 1. The maximum Gasteiger partial charge on any atom is 0.214 e. The molecule has 0 radical (unpaired) electrons. The van der Waals surface area contributed by atoms with Crippen LogP contribution < -0.4 is 4.74 Å². The molecular formula is C14H20N2O3S. The maximum absolute atomic E-state index is 12.3. The van der Waals surface area contributed by atoms with Crippen LogP contribution in [0.25, 0.3) is 0 Å². The number of hydrogen-bond acceptors (Lipinski definition) is 4. The zero-order valence-electron chi connectivity index (χ0n) is 11.6. The molecule has 20 heavy (non-hydrogen) atoms. The van der Waals surface area contributed by atoms with Crippen molar-refractivity contribution < 1.29 is 13.2 Å². The number of sulfonamides is 1. The minimum absolute atomic E-state index is 0.0152. The van der Waals surface area contributed by atoms with E-state index < -0.39 is 10.0 Å². The van der Waals surface area contributed by atoms with E-state index >= 15 is 0 Å². The molecule has 0 aromatic carbocycles. The SMILES string of the molecule is CCCS(=O)(=O)N1C[C@H]2CC[C@H]1[C@H]2Oc1ccccn1. The van der Waals surface area contributed by atoms with E-state index in [9.17, 15) is 8.42 Å². The van der Waals surface area contributed by atoms with Crippen molar-refractivity contribution in [3.8, 4) is 5.88 Å². The van der Waals surface area contributed by atoms with Crippen LogP contribution in [0, 0.1) is 5.92 Å². The van der Waals surface area contributed by atoms with Gasteiger partial charge >= 0.3 is 0 Å². The molecule has 1 aromatic heterocycles. The number of fused-ring (bicyclic) bond motifs is 2. The van der Waals surface area contributed by atoms with Crippen LogP contribution in [0.4, 0.5) is 0 Å². The summed E-state index contributed by atoms with van der Waals surface area (Å²) in [6.07, 6.45) is 4.24. The Morgan fingerprint density at radius 2 is 2.25 bits per heavy atom. The normalized spacial score (nSPS) is 29.8. The summed E-state index contributed by atoms with van der Waals surface area (Å²) in [6.45, 7) is 2.50. The molecule has 5 nitrogen and oxygen atoms in total. The zero-order valence-corrected chi connectivity index (χ0v) is 12.4. The summed E-state index contributed by atoms with van der Waals surface area (Å²) in [6, 6.07) is 5.53. The number of rotatable bonds is 5. The van der Waals surface area contributed by atoms with Crippen molar-refractivity contribution in [2.45, 2.75) is 38.3 Å². The fourth-order valence-electron chi connectivity index (χ4n) is 3.32. The molecule has 0 N–H and O–H groups in total. The van der Waals surface area contributed by atoms with Gasteiger partial charge in [-0.05, 0) is 25.3 Å². The van der Waals surface area contributed by atoms with Gasteiger partial charge in [0.25, 0.3) is 0 Å². The third-order valence-electron chi connectivity index (χ3n) is 4.18. The molecule has 110 valence electrons. The number of nitrogens with zero attached hydrogens (tertiary/aromatic N) is 2. The predicted octanol–water partition coefficient (Wildman–Crippen LogP) is 1.66. The van der Waals surface area contributed by atoms with Gasteiger partial charge in [-0.1, -0.05) is 13.0 Å². The lowest BCUT2D eigenvalue weighted by molar-refractivity contribution is 0.161. The second-order valence-corrected chi connectivity index (χ2v) is 7.58. The molecule has 0 unspecified atom stereocenters. The first-order valence-corrected chi connectivity index (χ1v) is 8.80. The Hall–Kier alpha value is -1.14. The Bertz CT molecular complexity index is 561. The van der Waals surface area contributed by atoms with Gasteiger partial charge in [0.05, 0.1) is 11.8 Å². The van der Waals surface area contributed by atoms with Crippen molar-refractivity contribution >= 4 is 10.0 Å². The van der Waals surface area contributed by atoms with E-state index in [1.54, 1.807) is 10.5 Å². The standard InChI is InChI=1S/C14H20N2O3S/c1-2-9-20(17,18)16-10-11-6-7-12(16)14(11)19-13-5-3-4-8-15-13/h3-5,8,11-12,14H,2,6-7,9-10H2,1H3/t11-,12+,14+/m1/s1. The molecule has 3 rings (SSSR count). The first kappa shape index (κ1) is 13.8. The number of piperidine rings is 1. The summed E-state index contributed by atoms with van der Waals surface area (Å²) < 4.78 is 32.2. The number of aromatic nitrogens is 1. The number of pyridine rings is 1. The van der Waals surface area contributed by atoms with Gasteiger partial charge in [0, 0.05) is 24.7 Å². The van der Waals surface area contributed by atoms with Gasteiger partial charge < -0.3 is 4.74 Å².